The highest BCUT2D eigenvalue weighted by atomic mass is 16.1. The maximum Gasteiger partial charge on any atom is 0.214 e. The molecule has 6 nitrogen and oxygen atoms in total. The first kappa shape index (κ1) is 10.1. The molecule has 1 aromatic rings. The zero-order valence-corrected chi connectivity index (χ0v) is 8.34. The fourth-order valence-electron chi connectivity index (χ4n) is 1.44. The van der Waals surface area contributed by atoms with Gasteiger partial charge in [-0.25, -0.2) is 4.98 Å². The van der Waals surface area contributed by atoms with E-state index in [1.807, 2.05) is 0 Å². The third-order valence-corrected chi connectivity index (χ3v) is 2.17. The molecule has 0 amide bonds. The first-order valence-corrected chi connectivity index (χ1v) is 4.47. The number of carbonyl (C=O) groups is 2. The molecule has 1 aliphatic rings. The lowest BCUT2D eigenvalue weighted by atomic mass is 9.97. The van der Waals surface area contributed by atoms with Crippen molar-refractivity contribution in [2.24, 2.45) is 5.11 Å². The minimum atomic E-state index is -0.517. The van der Waals surface area contributed by atoms with Gasteiger partial charge in [-0.15, -0.1) is 0 Å². The molecule has 1 aliphatic carbocycles. The van der Waals surface area contributed by atoms with Gasteiger partial charge in [-0.2, -0.15) is 0 Å². The average molecular weight is 214 g/mol. The Morgan fingerprint density at radius 3 is 2.81 bits per heavy atom. The second-order valence-electron chi connectivity index (χ2n) is 3.26. The number of Topliss-reactive ketones (excluding diaryl/α,β-unsaturated/α-hetero) is 1. The highest BCUT2D eigenvalue weighted by molar-refractivity contribution is 6.23. The number of carbonyl (C=O) groups excluding carboxylic acids is 2. The maximum atomic E-state index is 11.8. The van der Waals surface area contributed by atoms with Gasteiger partial charge in [0.15, 0.2) is 5.78 Å². The van der Waals surface area contributed by atoms with E-state index < -0.39 is 5.78 Å². The van der Waals surface area contributed by atoms with E-state index in [2.05, 4.69) is 15.0 Å². The van der Waals surface area contributed by atoms with Crippen LogP contribution < -0.4 is 0 Å². The summed E-state index contributed by atoms with van der Waals surface area (Å²) in [5.41, 5.74) is 8.97. The number of ketones is 2. The molecular weight excluding hydrogens is 208 g/mol. The average Bonchev–Trinajstić information content (AvgIpc) is 2.25. The Balaban J connectivity index is 2.65. The molecular formula is C10H6N4O2. The molecule has 0 aliphatic heterocycles. The van der Waals surface area contributed by atoms with E-state index in [1.165, 1.54) is 0 Å². The molecule has 1 aromatic heterocycles. The van der Waals surface area contributed by atoms with Gasteiger partial charge in [-0.05, 0) is 30.7 Å². The maximum absolute atomic E-state index is 11.8. The van der Waals surface area contributed by atoms with Gasteiger partial charge in [0.1, 0.15) is 5.69 Å². The van der Waals surface area contributed by atoms with Crippen molar-refractivity contribution in [2.45, 2.75) is 6.92 Å². The van der Waals surface area contributed by atoms with Crippen LogP contribution >= 0.6 is 0 Å². The molecule has 6 heteroatoms. The van der Waals surface area contributed by atoms with Crippen LogP contribution in [-0.4, -0.2) is 16.6 Å². The standard InChI is InChI=1S/C10H6N4O2/c1-5-2-3-6-8(15)4-7(13-14-11)10(16)9(6)12-5/h2-4H,1H3. The molecule has 0 bridgehead atoms. The van der Waals surface area contributed by atoms with Crippen LogP contribution in [0.15, 0.2) is 29.0 Å². The van der Waals surface area contributed by atoms with Crippen LogP contribution in [0.5, 0.6) is 0 Å². The lowest BCUT2D eigenvalue weighted by Crippen LogP contribution is -2.18. The number of rotatable bonds is 1. The van der Waals surface area contributed by atoms with Crippen LogP contribution in [0, 0.1) is 6.92 Å². The number of aryl methyl sites for hydroxylation is 1. The minimum absolute atomic E-state index is 0.0508. The van der Waals surface area contributed by atoms with Crippen LogP contribution in [-0.2, 0) is 0 Å². The number of azide groups is 1. The first-order valence-electron chi connectivity index (χ1n) is 4.47. The molecule has 2 rings (SSSR count). The third kappa shape index (κ3) is 1.47. The number of fused-ring (bicyclic) bond motifs is 1. The summed E-state index contributed by atoms with van der Waals surface area (Å²) in [4.78, 5) is 29.8. The summed E-state index contributed by atoms with van der Waals surface area (Å²) in [6.07, 6.45) is 1.03. The summed E-state index contributed by atoms with van der Waals surface area (Å²) < 4.78 is 0. The Labute approximate surface area is 90.2 Å². The monoisotopic (exact) mass is 214 g/mol. The highest BCUT2D eigenvalue weighted by Gasteiger charge is 2.26. The van der Waals surface area contributed by atoms with Crippen molar-refractivity contribution in [3.8, 4) is 0 Å². The topological polar surface area (TPSA) is 95.8 Å². The van der Waals surface area contributed by atoms with Crippen molar-refractivity contribution in [1.29, 1.82) is 0 Å². The van der Waals surface area contributed by atoms with Gasteiger partial charge in [-0.3, -0.25) is 9.59 Å². The van der Waals surface area contributed by atoms with E-state index >= 15 is 0 Å². The molecule has 0 saturated carbocycles. The second kappa shape index (κ2) is 3.60. The minimum Gasteiger partial charge on any atom is -0.289 e. The predicted molar refractivity (Wildman–Crippen MR) is 54.9 cm³/mol. The van der Waals surface area contributed by atoms with E-state index in [0.29, 0.717) is 5.69 Å². The van der Waals surface area contributed by atoms with Gasteiger partial charge in [0, 0.05) is 10.6 Å². The lowest BCUT2D eigenvalue weighted by Gasteiger charge is -2.11. The van der Waals surface area contributed by atoms with Gasteiger partial charge in [0.2, 0.25) is 5.78 Å². The van der Waals surface area contributed by atoms with Crippen LogP contribution in [0.1, 0.15) is 26.5 Å². The molecule has 0 aromatic carbocycles. The van der Waals surface area contributed by atoms with Crippen molar-refractivity contribution >= 4 is 11.6 Å². The lowest BCUT2D eigenvalue weighted by molar-refractivity contribution is 0.0979. The van der Waals surface area contributed by atoms with E-state index in [-0.39, 0.29) is 22.7 Å². The smallest absolute Gasteiger partial charge is 0.214 e. The number of allylic oxidation sites excluding steroid dienone is 2. The summed E-state index contributed by atoms with van der Waals surface area (Å²) in [5.74, 6) is -0.888. The molecule has 0 saturated heterocycles. The zero-order chi connectivity index (χ0) is 11.7. The molecule has 1 heterocycles. The van der Waals surface area contributed by atoms with Crippen LogP contribution in [0.3, 0.4) is 0 Å². The molecule has 16 heavy (non-hydrogen) atoms. The van der Waals surface area contributed by atoms with Crippen molar-refractivity contribution < 1.29 is 9.59 Å². The summed E-state index contributed by atoms with van der Waals surface area (Å²) in [7, 11) is 0. The van der Waals surface area contributed by atoms with E-state index in [4.69, 9.17) is 5.53 Å². The summed E-state index contributed by atoms with van der Waals surface area (Å²) >= 11 is 0. The first-order chi connectivity index (χ1) is 7.63. The second-order valence-corrected chi connectivity index (χ2v) is 3.26. The van der Waals surface area contributed by atoms with Gasteiger partial charge in [-0.1, -0.05) is 5.11 Å². The van der Waals surface area contributed by atoms with E-state index in [1.54, 1.807) is 19.1 Å². The predicted octanol–water partition coefficient (Wildman–Crippen LogP) is 1.96. The van der Waals surface area contributed by atoms with Crippen molar-refractivity contribution in [3.05, 3.63) is 51.3 Å². The highest BCUT2D eigenvalue weighted by Crippen LogP contribution is 2.20. The SMILES string of the molecule is Cc1ccc2c(n1)C(=O)C(N=[N+]=[N-])=CC2=O. The number of pyridine rings is 1. The molecule has 0 radical (unpaired) electrons. The van der Waals surface area contributed by atoms with Gasteiger partial charge in [0.05, 0.1) is 11.3 Å². The molecule has 78 valence electrons. The Hall–Kier alpha value is -2.46. The van der Waals surface area contributed by atoms with Crippen LogP contribution in [0.2, 0.25) is 0 Å². The number of hydrogen-bond acceptors (Lipinski definition) is 4. The normalized spacial score (nSPS) is 13.9. The molecule has 0 atom stereocenters. The fraction of sp³-hybridized carbons (Fsp3) is 0.100. The fourth-order valence-corrected chi connectivity index (χ4v) is 1.44. The molecule has 0 unspecified atom stereocenters. The van der Waals surface area contributed by atoms with Gasteiger partial charge < -0.3 is 0 Å². The number of nitrogens with zero attached hydrogens (tertiary/aromatic N) is 4. The van der Waals surface area contributed by atoms with Crippen molar-refractivity contribution in [3.63, 3.8) is 0 Å². The van der Waals surface area contributed by atoms with Crippen LogP contribution in [0.25, 0.3) is 10.4 Å². The summed E-state index contributed by atoms with van der Waals surface area (Å²) in [6, 6.07) is 3.19. The molecule has 0 N–H and O–H groups in total. The quantitative estimate of drug-likeness (QED) is 0.406. The summed E-state index contributed by atoms with van der Waals surface area (Å²) in [5, 5.41) is 3.17. The van der Waals surface area contributed by atoms with E-state index in [0.717, 1.165) is 6.08 Å². The Kier molecular flexibility index (Phi) is 2.27. The Morgan fingerprint density at radius 1 is 1.38 bits per heavy atom. The van der Waals surface area contributed by atoms with Crippen LogP contribution in [0.4, 0.5) is 0 Å². The van der Waals surface area contributed by atoms with Gasteiger partial charge in [0.25, 0.3) is 0 Å². The Morgan fingerprint density at radius 2 is 2.12 bits per heavy atom. The van der Waals surface area contributed by atoms with E-state index in [9.17, 15) is 9.59 Å². The Bertz CT molecular complexity index is 582. The molecule has 0 spiro atoms. The third-order valence-electron chi connectivity index (χ3n) is 2.17. The number of aromatic nitrogens is 1. The molecule has 0 fully saturated rings. The largest absolute Gasteiger partial charge is 0.289 e. The van der Waals surface area contributed by atoms with Crippen molar-refractivity contribution in [2.75, 3.05) is 0 Å². The summed E-state index contributed by atoms with van der Waals surface area (Å²) in [6.45, 7) is 1.71. The number of hydrogen-bond donors (Lipinski definition) is 0. The van der Waals surface area contributed by atoms with Crippen molar-refractivity contribution in [1.82, 2.24) is 4.98 Å². The van der Waals surface area contributed by atoms with Gasteiger partial charge >= 0.3 is 0 Å². The zero-order valence-electron chi connectivity index (χ0n) is 8.34.